The van der Waals surface area contributed by atoms with E-state index in [0.717, 1.165) is 6.04 Å². The van der Waals surface area contributed by atoms with Gasteiger partial charge in [0.1, 0.15) is 0 Å². The predicted octanol–water partition coefficient (Wildman–Crippen LogP) is -0.360. The van der Waals surface area contributed by atoms with Crippen LogP contribution < -0.4 is 0 Å². The van der Waals surface area contributed by atoms with Gasteiger partial charge in [0.15, 0.2) is 9.76 Å². The van der Waals surface area contributed by atoms with Gasteiger partial charge in [-0.1, -0.05) is 0 Å². The van der Waals surface area contributed by atoms with Crippen LogP contribution in [0.3, 0.4) is 0 Å². The average molecular weight is 115 g/mol. The molecule has 40 valence electrons. The molecule has 0 radical (unpaired) electrons. The minimum Gasteiger partial charge on any atom is -0.438 e. The van der Waals surface area contributed by atoms with Crippen molar-refractivity contribution in [2.45, 2.75) is 13.0 Å². The molecule has 0 fully saturated rings. The second-order valence-electron chi connectivity index (χ2n) is 1.54. The summed E-state index contributed by atoms with van der Waals surface area (Å²) in [5.74, 6) is 0.0664. The van der Waals surface area contributed by atoms with Crippen molar-refractivity contribution in [1.82, 2.24) is 0 Å². The van der Waals surface area contributed by atoms with E-state index >= 15 is 0 Å². The van der Waals surface area contributed by atoms with E-state index in [9.17, 15) is 0 Å². The van der Waals surface area contributed by atoms with Crippen molar-refractivity contribution in [2.24, 2.45) is 5.92 Å². The molecule has 0 aromatic heterocycles. The van der Waals surface area contributed by atoms with Crippen molar-refractivity contribution in [3.8, 4) is 6.07 Å². The molecule has 0 rings (SSSR count). The molecule has 7 heavy (non-hydrogen) atoms. The minimum atomic E-state index is -0.867. The maximum Gasteiger partial charge on any atom is 0.158 e. The molecule has 0 aliphatic rings. The lowest BCUT2D eigenvalue weighted by Gasteiger charge is -1.91. The van der Waals surface area contributed by atoms with Gasteiger partial charge < -0.3 is 4.80 Å². The van der Waals surface area contributed by atoms with E-state index in [4.69, 9.17) is 10.1 Å². The molecule has 0 heterocycles. The van der Waals surface area contributed by atoms with E-state index in [-0.39, 0.29) is 5.92 Å². The first kappa shape index (κ1) is 6.67. The minimum absolute atomic E-state index is 0.0664. The van der Waals surface area contributed by atoms with Crippen LogP contribution in [0.1, 0.15) is 6.92 Å². The largest absolute Gasteiger partial charge is 0.438 e. The fourth-order valence-corrected chi connectivity index (χ4v) is 0.775. The number of hydrogen-bond acceptors (Lipinski definition) is 2. The number of nitrogens with zero attached hydrogens (tertiary/aromatic N) is 1. The highest BCUT2D eigenvalue weighted by atomic mass is 28.2. The molecule has 0 spiro atoms. The van der Waals surface area contributed by atoms with Crippen molar-refractivity contribution < 1.29 is 4.80 Å². The Morgan fingerprint density at radius 2 is 2.57 bits per heavy atom. The monoisotopic (exact) mass is 115 g/mol. The molecule has 3 heteroatoms. The highest BCUT2D eigenvalue weighted by Crippen LogP contribution is 1.95. The third kappa shape index (κ3) is 3.50. The van der Waals surface area contributed by atoms with E-state index in [2.05, 4.69) is 0 Å². The molecule has 0 amide bonds. The van der Waals surface area contributed by atoms with Crippen LogP contribution in [0, 0.1) is 17.2 Å². The van der Waals surface area contributed by atoms with Crippen LogP contribution in [-0.4, -0.2) is 14.6 Å². The highest BCUT2D eigenvalue weighted by molar-refractivity contribution is 6.25. The van der Waals surface area contributed by atoms with Gasteiger partial charge in [-0.3, -0.25) is 0 Å². The van der Waals surface area contributed by atoms with Gasteiger partial charge in [0.25, 0.3) is 0 Å². The first-order chi connectivity index (χ1) is 3.31. The van der Waals surface area contributed by atoms with Crippen molar-refractivity contribution in [3.05, 3.63) is 0 Å². The molecule has 0 aromatic carbocycles. The lowest BCUT2D eigenvalue weighted by Crippen LogP contribution is -1.94. The van der Waals surface area contributed by atoms with Gasteiger partial charge >= 0.3 is 0 Å². The molecular weight excluding hydrogens is 106 g/mol. The summed E-state index contributed by atoms with van der Waals surface area (Å²) in [4.78, 5) is 8.36. The summed E-state index contributed by atoms with van der Waals surface area (Å²) in [5, 5.41) is 8.13. The number of hydrogen-bond donors (Lipinski definition) is 1. The maximum absolute atomic E-state index is 8.36. The Kier molecular flexibility index (Phi) is 3.66. The van der Waals surface area contributed by atoms with E-state index < -0.39 is 9.76 Å². The maximum atomic E-state index is 8.36. The van der Waals surface area contributed by atoms with Crippen LogP contribution in [0.2, 0.25) is 6.04 Å². The molecule has 1 atom stereocenters. The summed E-state index contributed by atoms with van der Waals surface area (Å²) in [5.41, 5.74) is 0. The Hall–Kier alpha value is -0.333. The van der Waals surface area contributed by atoms with Gasteiger partial charge in [0.2, 0.25) is 0 Å². The van der Waals surface area contributed by atoms with Gasteiger partial charge in [-0.15, -0.1) is 0 Å². The number of nitriles is 1. The molecule has 2 nitrogen and oxygen atoms in total. The highest BCUT2D eigenvalue weighted by Gasteiger charge is 1.94. The zero-order valence-electron chi connectivity index (χ0n) is 4.39. The Bertz CT molecular complexity index is 78.2. The zero-order valence-corrected chi connectivity index (χ0v) is 5.80. The van der Waals surface area contributed by atoms with Gasteiger partial charge in [0, 0.05) is 5.92 Å². The molecule has 0 aliphatic carbocycles. The number of rotatable bonds is 2. The Balaban J connectivity index is 3.04. The first-order valence-corrected chi connectivity index (χ1v) is 3.95. The van der Waals surface area contributed by atoms with Crippen LogP contribution in [0.4, 0.5) is 0 Å². The standard InChI is InChI=1S/C4H9NOSi/c1-4(2-5)3-7-6/h4,6H,3,7H2,1H3. The van der Waals surface area contributed by atoms with Crippen LogP contribution in [0.15, 0.2) is 0 Å². The van der Waals surface area contributed by atoms with Gasteiger partial charge in [-0.2, -0.15) is 5.26 Å². The fourth-order valence-electron chi connectivity index (χ4n) is 0.258. The Labute approximate surface area is 45.7 Å². The smallest absolute Gasteiger partial charge is 0.158 e. The second-order valence-corrected chi connectivity index (χ2v) is 2.57. The van der Waals surface area contributed by atoms with Crippen LogP contribution in [0.5, 0.6) is 0 Å². The van der Waals surface area contributed by atoms with Gasteiger partial charge in [-0.05, 0) is 13.0 Å². The quantitative estimate of drug-likeness (QED) is 0.499. The molecule has 0 bridgehead atoms. The second kappa shape index (κ2) is 3.84. The Morgan fingerprint density at radius 3 is 2.71 bits per heavy atom. The molecule has 1 N–H and O–H groups in total. The van der Waals surface area contributed by atoms with Crippen molar-refractivity contribution in [2.75, 3.05) is 0 Å². The summed E-state index contributed by atoms with van der Waals surface area (Å²) in [6.07, 6.45) is 0. The predicted molar refractivity (Wildman–Crippen MR) is 30.3 cm³/mol. The third-order valence-corrected chi connectivity index (χ3v) is 1.91. The first-order valence-electron chi connectivity index (χ1n) is 2.31. The van der Waals surface area contributed by atoms with E-state index in [1.807, 2.05) is 13.0 Å². The third-order valence-electron chi connectivity index (χ3n) is 0.782. The SMILES string of the molecule is CC(C#N)C[SiH2]O. The lowest BCUT2D eigenvalue weighted by molar-refractivity contribution is 0.589. The molecule has 0 saturated carbocycles. The topological polar surface area (TPSA) is 44.0 Å². The summed E-state index contributed by atoms with van der Waals surface area (Å²) in [7, 11) is -0.867. The normalized spacial score (nSPS) is 14.4. The molecule has 1 unspecified atom stereocenters. The zero-order chi connectivity index (χ0) is 5.70. The van der Waals surface area contributed by atoms with Crippen LogP contribution in [0.25, 0.3) is 0 Å². The Morgan fingerprint density at radius 1 is 2.00 bits per heavy atom. The summed E-state index contributed by atoms with van der Waals surface area (Å²) in [6.45, 7) is 1.82. The summed E-state index contributed by atoms with van der Waals surface area (Å²) in [6, 6.07) is 2.77. The van der Waals surface area contributed by atoms with Crippen LogP contribution in [-0.2, 0) is 0 Å². The van der Waals surface area contributed by atoms with E-state index in [1.165, 1.54) is 0 Å². The van der Waals surface area contributed by atoms with Gasteiger partial charge in [-0.25, -0.2) is 0 Å². The van der Waals surface area contributed by atoms with E-state index in [0.29, 0.717) is 0 Å². The van der Waals surface area contributed by atoms with Crippen molar-refractivity contribution >= 4 is 9.76 Å². The molecular formula is C4H9NOSi. The van der Waals surface area contributed by atoms with Crippen molar-refractivity contribution in [3.63, 3.8) is 0 Å². The molecule has 0 aromatic rings. The summed E-state index contributed by atoms with van der Waals surface area (Å²) >= 11 is 0. The average Bonchev–Trinajstić information content (AvgIpc) is 1.68. The van der Waals surface area contributed by atoms with Crippen molar-refractivity contribution in [1.29, 1.82) is 5.26 Å². The molecule has 0 saturated heterocycles. The van der Waals surface area contributed by atoms with Crippen LogP contribution >= 0.6 is 0 Å². The fraction of sp³-hybridized carbons (Fsp3) is 0.750. The lowest BCUT2D eigenvalue weighted by atomic mass is 10.3. The molecule has 0 aliphatic heterocycles. The van der Waals surface area contributed by atoms with Gasteiger partial charge in [0.05, 0.1) is 6.07 Å². The van der Waals surface area contributed by atoms with E-state index in [1.54, 1.807) is 0 Å². The summed E-state index contributed by atoms with van der Waals surface area (Å²) < 4.78 is 0.